The Kier molecular flexibility index (Phi) is 3.80. The van der Waals surface area contributed by atoms with Gasteiger partial charge in [0.25, 0.3) is 0 Å². The van der Waals surface area contributed by atoms with Crippen LogP contribution in [0.1, 0.15) is 29.0 Å². The van der Waals surface area contributed by atoms with E-state index in [1.165, 1.54) is 16.0 Å². The highest BCUT2D eigenvalue weighted by Gasteiger charge is 2.06. The largest absolute Gasteiger partial charge is 0.472 e. The summed E-state index contributed by atoms with van der Waals surface area (Å²) in [4.78, 5) is 1.48. The van der Waals surface area contributed by atoms with Crippen molar-refractivity contribution in [2.75, 3.05) is 6.54 Å². The van der Waals surface area contributed by atoms with E-state index in [0.717, 1.165) is 13.0 Å². The van der Waals surface area contributed by atoms with E-state index in [-0.39, 0.29) is 0 Å². The molecule has 2 aromatic rings. The smallest absolute Gasteiger partial charge is 0.0950 e. The lowest BCUT2D eigenvalue weighted by Crippen LogP contribution is -2.20. The molecule has 1 N–H and O–H groups in total. The van der Waals surface area contributed by atoms with E-state index in [2.05, 4.69) is 30.6 Å². The lowest BCUT2D eigenvalue weighted by Gasteiger charge is -2.11. The first kappa shape index (κ1) is 11.4. The van der Waals surface area contributed by atoms with Gasteiger partial charge in [0, 0.05) is 23.0 Å². The molecule has 2 aromatic heterocycles. The van der Waals surface area contributed by atoms with Crippen molar-refractivity contribution in [3.05, 3.63) is 46.0 Å². The summed E-state index contributed by atoms with van der Waals surface area (Å²) in [5, 5.41) is 5.65. The fourth-order valence-corrected chi connectivity index (χ4v) is 2.61. The maximum atomic E-state index is 5.07. The average molecular weight is 235 g/mol. The van der Waals surface area contributed by atoms with E-state index in [9.17, 15) is 0 Å². The van der Waals surface area contributed by atoms with Crippen LogP contribution in [0.4, 0.5) is 0 Å². The molecular weight excluding hydrogens is 218 g/mol. The molecule has 16 heavy (non-hydrogen) atoms. The lowest BCUT2D eigenvalue weighted by atomic mass is 10.1. The number of nitrogens with one attached hydrogen (secondary N) is 1. The van der Waals surface area contributed by atoms with E-state index in [1.54, 1.807) is 12.5 Å². The van der Waals surface area contributed by atoms with E-state index < -0.39 is 0 Å². The molecule has 0 fully saturated rings. The standard InChI is InChI=1S/C13H17NOS/c1-10-5-8-16-13(10)3-6-14-11(2)12-4-7-15-9-12/h4-5,7-9,11,14H,3,6H2,1-2H3. The molecule has 86 valence electrons. The Morgan fingerprint density at radius 1 is 1.44 bits per heavy atom. The van der Waals surface area contributed by atoms with Gasteiger partial charge in [-0.2, -0.15) is 0 Å². The van der Waals surface area contributed by atoms with Crippen molar-refractivity contribution >= 4 is 11.3 Å². The fourth-order valence-electron chi connectivity index (χ4n) is 1.70. The Morgan fingerprint density at radius 2 is 2.31 bits per heavy atom. The normalized spacial score (nSPS) is 12.9. The van der Waals surface area contributed by atoms with Gasteiger partial charge in [-0.05, 0) is 43.3 Å². The Bertz CT molecular complexity index is 419. The summed E-state index contributed by atoms with van der Waals surface area (Å²) in [5.74, 6) is 0. The molecule has 2 heterocycles. The molecule has 1 unspecified atom stereocenters. The van der Waals surface area contributed by atoms with Crippen molar-refractivity contribution in [3.8, 4) is 0 Å². The van der Waals surface area contributed by atoms with Crippen LogP contribution in [0.15, 0.2) is 34.5 Å². The maximum absolute atomic E-state index is 5.07. The highest BCUT2D eigenvalue weighted by molar-refractivity contribution is 7.10. The topological polar surface area (TPSA) is 25.2 Å². The number of rotatable bonds is 5. The number of furan rings is 1. The van der Waals surface area contributed by atoms with E-state index >= 15 is 0 Å². The average Bonchev–Trinajstić information content (AvgIpc) is 2.90. The van der Waals surface area contributed by atoms with Gasteiger partial charge in [-0.25, -0.2) is 0 Å². The quantitative estimate of drug-likeness (QED) is 0.857. The predicted octanol–water partition coefficient (Wildman–Crippen LogP) is 3.54. The van der Waals surface area contributed by atoms with Crippen molar-refractivity contribution in [1.82, 2.24) is 5.32 Å². The van der Waals surface area contributed by atoms with Crippen LogP contribution < -0.4 is 5.32 Å². The molecule has 0 amide bonds. The van der Waals surface area contributed by atoms with Crippen LogP contribution in [0.2, 0.25) is 0 Å². The molecule has 0 aliphatic heterocycles. The summed E-state index contributed by atoms with van der Waals surface area (Å²) in [5.41, 5.74) is 2.62. The summed E-state index contributed by atoms with van der Waals surface area (Å²) in [6.45, 7) is 5.34. The van der Waals surface area contributed by atoms with Crippen LogP contribution in [0.5, 0.6) is 0 Å². The molecule has 1 atom stereocenters. The van der Waals surface area contributed by atoms with Crippen LogP contribution in [0.25, 0.3) is 0 Å². The van der Waals surface area contributed by atoms with Crippen LogP contribution in [0.3, 0.4) is 0 Å². The molecule has 0 aromatic carbocycles. The Morgan fingerprint density at radius 3 is 2.94 bits per heavy atom. The van der Waals surface area contributed by atoms with Gasteiger partial charge in [0.2, 0.25) is 0 Å². The minimum absolute atomic E-state index is 0.360. The third kappa shape index (κ3) is 2.74. The Hall–Kier alpha value is -1.06. The SMILES string of the molecule is Cc1ccsc1CCNC(C)c1ccoc1. The summed E-state index contributed by atoms with van der Waals surface area (Å²) in [6.07, 6.45) is 4.62. The fraction of sp³-hybridized carbons (Fsp3) is 0.385. The highest BCUT2D eigenvalue weighted by atomic mass is 32.1. The zero-order chi connectivity index (χ0) is 11.4. The van der Waals surface area contributed by atoms with Crippen molar-refractivity contribution in [1.29, 1.82) is 0 Å². The Balaban J connectivity index is 1.78. The van der Waals surface area contributed by atoms with E-state index in [0.29, 0.717) is 6.04 Å². The summed E-state index contributed by atoms with van der Waals surface area (Å²) in [7, 11) is 0. The zero-order valence-electron chi connectivity index (χ0n) is 9.69. The van der Waals surface area contributed by atoms with Gasteiger partial charge in [0.1, 0.15) is 0 Å². The minimum atomic E-state index is 0.360. The number of aryl methyl sites for hydroxylation is 1. The van der Waals surface area contributed by atoms with Gasteiger partial charge in [-0.15, -0.1) is 11.3 Å². The molecule has 0 aliphatic rings. The second-order valence-corrected chi connectivity index (χ2v) is 5.01. The monoisotopic (exact) mass is 235 g/mol. The molecule has 0 saturated carbocycles. The van der Waals surface area contributed by atoms with Crippen LogP contribution in [-0.2, 0) is 6.42 Å². The maximum Gasteiger partial charge on any atom is 0.0950 e. The first-order valence-electron chi connectivity index (χ1n) is 5.56. The van der Waals surface area contributed by atoms with Gasteiger partial charge in [0.05, 0.1) is 12.5 Å². The molecule has 0 radical (unpaired) electrons. The van der Waals surface area contributed by atoms with Crippen LogP contribution in [-0.4, -0.2) is 6.54 Å². The van der Waals surface area contributed by atoms with Crippen molar-refractivity contribution in [2.24, 2.45) is 0 Å². The molecule has 2 rings (SSSR count). The molecule has 0 aliphatic carbocycles. The van der Waals surface area contributed by atoms with E-state index in [4.69, 9.17) is 4.42 Å². The van der Waals surface area contributed by atoms with Gasteiger partial charge < -0.3 is 9.73 Å². The third-order valence-electron chi connectivity index (χ3n) is 2.81. The second-order valence-electron chi connectivity index (χ2n) is 4.01. The first-order chi connectivity index (χ1) is 7.77. The van der Waals surface area contributed by atoms with Gasteiger partial charge >= 0.3 is 0 Å². The number of hydrogen-bond donors (Lipinski definition) is 1. The first-order valence-corrected chi connectivity index (χ1v) is 6.44. The van der Waals surface area contributed by atoms with Gasteiger partial charge in [-0.1, -0.05) is 0 Å². The van der Waals surface area contributed by atoms with E-state index in [1.807, 2.05) is 17.4 Å². The van der Waals surface area contributed by atoms with Crippen LogP contribution >= 0.6 is 11.3 Å². The summed E-state index contributed by atoms with van der Waals surface area (Å²) in [6, 6.07) is 4.55. The predicted molar refractivity (Wildman–Crippen MR) is 67.9 cm³/mol. The lowest BCUT2D eigenvalue weighted by molar-refractivity contribution is 0.540. The number of thiophene rings is 1. The van der Waals surface area contributed by atoms with Crippen molar-refractivity contribution in [3.63, 3.8) is 0 Å². The van der Waals surface area contributed by atoms with Crippen molar-refractivity contribution in [2.45, 2.75) is 26.3 Å². The second kappa shape index (κ2) is 5.32. The molecule has 0 saturated heterocycles. The summed E-state index contributed by atoms with van der Waals surface area (Å²) < 4.78 is 5.07. The zero-order valence-corrected chi connectivity index (χ0v) is 10.5. The van der Waals surface area contributed by atoms with Crippen LogP contribution in [0, 0.1) is 6.92 Å². The third-order valence-corrected chi connectivity index (χ3v) is 3.90. The molecule has 0 bridgehead atoms. The molecule has 0 spiro atoms. The van der Waals surface area contributed by atoms with Gasteiger partial charge in [-0.3, -0.25) is 0 Å². The Labute approximate surface area is 100 Å². The molecule has 3 heteroatoms. The van der Waals surface area contributed by atoms with Crippen molar-refractivity contribution < 1.29 is 4.42 Å². The number of hydrogen-bond acceptors (Lipinski definition) is 3. The molecule has 2 nitrogen and oxygen atoms in total. The highest BCUT2D eigenvalue weighted by Crippen LogP contribution is 2.16. The minimum Gasteiger partial charge on any atom is -0.472 e. The molecular formula is C13H17NOS. The van der Waals surface area contributed by atoms with Gasteiger partial charge in [0.15, 0.2) is 0 Å². The summed E-state index contributed by atoms with van der Waals surface area (Å²) >= 11 is 1.84.